The molecule has 0 unspecified atom stereocenters. The summed E-state index contributed by atoms with van der Waals surface area (Å²) in [6, 6.07) is 11.2. The van der Waals surface area contributed by atoms with Crippen molar-refractivity contribution in [2.45, 2.75) is 50.9 Å². The third-order valence-electron chi connectivity index (χ3n) is 8.05. The predicted molar refractivity (Wildman–Crippen MR) is 132 cm³/mol. The van der Waals surface area contributed by atoms with Gasteiger partial charge in [0.2, 0.25) is 0 Å². The van der Waals surface area contributed by atoms with Crippen LogP contribution >= 0.6 is 0 Å². The van der Waals surface area contributed by atoms with Gasteiger partial charge >= 0.3 is 5.97 Å². The van der Waals surface area contributed by atoms with E-state index in [2.05, 4.69) is 26.9 Å². The summed E-state index contributed by atoms with van der Waals surface area (Å²) in [5.41, 5.74) is 5.72. The number of halogens is 1. The zero-order chi connectivity index (χ0) is 23.9. The molecule has 2 aromatic heterocycles. The number of nitrogens with one attached hydrogen (secondary N) is 1. The number of rotatable bonds is 5. The van der Waals surface area contributed by atoms with Gasteiger partial charge in [0.1, 0.15) is 5.82 Å². The van der Waals surface area contributed by atoms with E-state index >= 15 is 0 Å². The first-order valence-electron chi connectivity index (χ1n) is 12.7. The number of aromatic amines is 1. The number of carbonyl (C=O) groups is 1. The van der Waals surface area contributed by atoms with Crippen LogP contribution in [0.25, 0.3) is 27.5 Å². The number of hydrogen-bond acceptors (Lipinski definition) is 3. The quantitative estimate of drug-likeness (QED) is 0.372. The number of hydrogen-bond donors (Lipinski definition) is 2. The largest absolute Gasteiger partial charge is 0.481 e. The minimum atomic E-state index is -0.666. The van der Waals surface area contributed by atoms with Crippen molar-refractivity contribution in [2.75, 3.05) is 13.2 Å². The van der Waals surface area contributed by atoms with Gasteiger partial charge in [-0.15, -0.1) is 0 Å². The third kappa shape index (κ3) is 4.12. The number of aliphatic carboxylic acids is 1. The molecule has 1 saturated carbocycles. The summed E-state index contributed by atoms with van der Waals surface area (Å²) < 4.78 is 21.9. The van der Waals surface area contributed by atoms with Gasteiger partial charge in [-0.2, -0.15) is 5.10 Å². The SMILES string of the molecule is O=C(O)C1CCC(Cc2c(C3CCOCC3)n(-c3ccc(F)cc3)c3cc4cn[nH]c4cc23)CC1. The first-order valence-corrected chi connectivity index (χ1v) is 12.7. The van der Waals surface area contributed by atoms with E-state index < -0.39 is 5.97 Å². The Bertz CT molecular complexity index is 1360. The molecular formula is C28H30FN3O3. The number of nitrogens with zero attached hydrogens (tertiary/aromatic N) is 2. The van der Waals surface area contributed by atoms with Crippen molar-refractivity contribution in [1.29, 1.82) is 0 Å². The number of benzene rings is 2. The van der Waals surface area contributed by atoms with E-state index in [0.717, 1.165) is 80.3 Å². The molecule has 0 spiro atoms. The fourth-order valence-corrected chi connectivity index (χ4v) is 6.19. The van der Waals surface area contributed by atoms with Crippen molar-refractivity contribution in [3.05, 3.63) is 59.7 Å². The lowest BCUT2D eigenvalue weighted by atomic mass is 9.78. The standard InChI is InChI=1S/C28H30FN3O3/c29-21-5-7-22(8-6-21)32-26-14-20-16-30-31-25(20)15-23(26)24(27(32)18-9-11-35-12-10-18)13-17-1-3-19(4-2-17)28(33)34/h5-8,14-19H,1-4,9-13H2,(H,30,31)(H,33,34). The van der Waals surface area contributed by atoms with Gasteiger partial charge in [-0.25, -0.2) is 4.39 Å². The lowest BCUT2D eigenvalue weighted by molar-refractivity contribution is -0.143. The van der Waals surface area contributed by atoms with Gasteiger partial charge in [-0.1, -0.05) is 0 Å². The van der Waals surface area contributed by atoms with Crippen molar-refractivity contribution in [2.24, 2.45) is 11.8 Å². The topological polar surface area (TPSA) is 80.1 Å². The molecule has 1 aliphatic carbocycles. The minimum Gasteiger partial charge on any atom is -0.481 e. The van der Waals surface area contributed by atoms with Crippen LogP contribution in [-0.4, -0.2) is 39.1 Å². The molecule has 2 N–H and O–H groups in total. The number of aromatic nitrogens is 3. The number of carboxylic acids is 1. The van der Waals surface area contributed by atoms with Crippen molar-refractivity contribution in [3.8, 4) is 5.69 Å². The Morgan fingerprint density at radius 2 is 1.83 bits per heavy atom. The van der Waals surface area contributed by atoms with Gasteiger partial charge < -0.3 is 14.4 Å². The second kappa shape index (κ2) is 9.11. The van der Waals surface area contributed by atoms with E-state index in [9.17, 15) is 14.3 Å². The summed E-state index contributed by atoms with van der Waals surface area (Å²) in [6.45, 7) is 1.48. The molecule has 0 atom stereocenters. The molecule has 6 rings (SSSR count). The molecule has 3 heterocycles. The predicted octanol–water partition coefficient (Wildman–Crippen LogP) is 5.97. The van der Waals surface area contributed by atoms with Gasteiger partial charge in [-0.05, 0) is 92.8 Å². The van der Waals surface area contributed by atoms with E-state index in [4.69, 9.17) is 4.74 Å². The molecule has 1 aliphatic heterocycles. The summed E-state index contributed by atoms with van der Waals surface area (Å²) in [5.74, 6) is -0.324. The van der Waals surface area contributed by atoms with Crippen LogP contribution < -0.4 is 0 Å². The molecular weight excluding hydrogens is 445 g/mol. The molecule has 1 saturated heterocycles. The first kappa shape index (κ1) is 22.3. The Morgan fingerprint density at radius 3 is 2.54 bits per heavy atom. The Labute approximate surface area is 203 Å². The van der Waals surface area contributed by atoms with Crippen molar-refractivity contribution >= 4 is 27.8 Å². The zero-order valence-electron chi connectivity index (χ0n) is 19.7. The van der Waals surface area contributed by atoms with Crippen LogP contribution in [-0.2, 0) is 16.0 Å². The number of H-pyrrole nitrogens is 1. The fourth-order valence-electron chi connectivity index (χ4n) is 6.19. The lowest BCUT2D eigenvalue weighted by Gasteiger charge is -2.29. The molecule has 0 radical (unpaired) electrons. The highest BCUT2D eigenvalue weighted by atomic mass is 19.1. The van der Waals surface area contributed by atoms with Gasteiger partial charge in [-0.3, -0.25) is 9.89 Å². The molecule has 2 aliphatic rings. The number of fused-ring (bicyclic) bond motifs is 2. The van der Waals surface area contributed by atoms with Gasteiger partial charge in [0, 0.05) is 41.3 Å². The maximum atomic E-state index is 13.9. The minimum absolute atomic E-state index is 0.216. The third-order valence-corrected chi connectivity index (χ3v) is 8.05. The maximum Gasteiger partial charge on any atom is 0.306 e. The molecule has 0 amide bonds. The molecule has 182 valence electrons. The zero-order valence-corrected chi connectivity index (χ0v) is 19.7. The van der Waals surface area contributed by atoms with E-state index in [-0.39, 0.29) is 11.7 Å². The Balaban J connectivity index is 1.52. The van der Waals surface area contributed by atoms with Crippen molar-refractivity contribution in [1.82, 2.24) is 14.8 Å². The van der Waals surface area contributed by atoms with Crippen LogP contribution in [0.15, 0.2) is 42.6 Å². The second-order valence-corrected chi connectivity index (χ2v) is 10.1. The highest BCUT2D eigenvalue weighted by Gasteiger charge is 2.31. The molecule has 7 heteroatoms. The van der Waals surface area contributed by atoms with Crippen LogP contribution in [0.4, 0.5) is 4.39 Å². The smallest absolute Gasteiger partial charge is 0.306 e. The van der Waals surface area contributed by atoms with Gasteiger partial charge in [0.05, 0.1) is 23.1 Å². The average Bonchev–Trinajstić information content (AvgIpc) is 3.46. The van der Waals surface area contributed by atoms with Crippen LogP contribution in [0.3, 0.4) is 0 Å². The number of carboxylic acid groups (broad SMARTS) is 1. The van der Waals surface area contributed by atoms with Crippen LogP contribution in [0, 0.1) is 17.7 Å². The molecule has 2 aromatic carbocycles. The van der Waals surface area contributed by atoms with Crippen LogP contribution in [0.2, 0.25) is 0 Å². The fraction of sp³-hybridized carbons (Fsp3) is 0.429. The van der Waals surface area contributed by atoms with Crippen LogP contribution in [0.1, 0.15) is 55.7 Å². The highest BCUT2D eigenvalue weighted by Crippen LogP contribution is 2.42. The van der Waals surface area contributed by atoms with E-state index in [1.54, 1.807) is 0 Å². The van der Waals surface area contributed by atoms with Crippen LogP contribution in [0.5, 0.6) is 0 Å². The summed E-state index contributed by atoms with van der Waals surface area (Å²) in [5, 5.41) is 19.1. The molecule has 2 fully saturated rings. The number of ether oxygens (including phenoxy) is 1. The Hall–Kier alpha value is -3.19. The second-order valence-electron chi connectivity index (χ2n) is 10.1. The molecule has 35 heavy (non-hydrogen) atoms. The normalized spacial score (nSPS) is 21.6. The first-order chi connectivity index (χ1) is 17.1. The van der Waals surface area contributed by atoms with Crippen molar-refractivity contribution < 1.29 is 19.0 Å². The van der Waals surface area contributed by atoms with E-state index in [0.29, 0.717) is 11.8 Å². The van der Waals surface area contributed by atoms with Gasteiger partial charge in [0.25, 0.3) is 0 Å². The summed E-state index contributed by atoms with van der Waals surface area (Å²) >= 11 is 0. The maximum absolute atomic E-state index is 13.9. The highest BCUT2D eigenvalue weighted by molar-refractivity contribution is 5.98. The lowest BCUT2D eigenvalue weighted by Crippen LogP contribution is -2.23. The van der Waals surface area contributed by atoms with Gasteiger partial charge in [0.15, 0.2) is 0 Å². The summed E-state index contributed by atoms with van der Waals surface area (Å²) in [4.78, 5) is 11.5. The summed E-state index contributed by atoms with van der Waals surface area (Å²) in [7, 11) is 0. The molecule has 0 bridgehead atoms. The Morgan fingerprint density at radius 1 is 1.09 bits per heavy atom. The Kier molecular flexibility index (Phi) is 5.80. The average molecular weight is 476 g/mol. The monoisotopic (exact) mass is 475 g/mol. The van der Waals surface area contributed by atoms with E-state index in [1.165, 1.54) is 28.8 Å². The van der Waals surface area contributed by atoms with E-state index in [1.807, 2.05) is 18.3 Å². The molecule has 4 aromatic rings. The summed E-state index contributed by atoms with van der Waals surface area (Å²) in [6.07, 6.45) is 8.02. The molecule has 6 nitrogen and oxygen atoms in total. The van der Waals surface area contributed by atoms with Crippen molar-refractivity contribution in [3.63, 3.8) is 0 Å².